The van der Waals surface area contributed by atoms with Crippen LogP contribution in [0.2, 0.25) is 0 Å². The third kappa shape index (κ3) is 5.51. The van der Waals surface area contributed by atoms with Crippen LogP contribution in [0.3, 0.4) is 0 Å². The minimum Gasteiger partial charge on any atom is -0.494 e. The van der Waals surface area contributed by atoms with Crippen LogP contribution in [-0.4, -0.2) is 43.7 Å². The zero-order chi connectivity index (χ0) is 22.3. The number of hydrogen-bond acceptors (Lipinski definition) is 6. The van der Waals surface area contributed by atoms with Crippen molar-refractivity contribution in [3.63, 3.8) is 0 Å². The maximum atomic E-state index is 12.6. The van der Waals surface area contributed by atoms with Gasteiger partial charge >= 0.3 is 0 Å². The summed E-state index contributed by atoms with van der Waals surface area (Å²) in [4.78, 5) is 19.7. The molecule has 0 bridgehead atoms. The van der Waals surface area contributed by atoms with Gasteiger partial charge < -0.3 is 19.7 Å². The fourth-order valence-corrected chi connectivity index (χ4v) is 5.06. The highest BCUT2D eigenvalue weighted by atomic mass is 32.1. The summed E-state index contributed by atoms with van der Waals surface area (Å²) < 4.78 is 12.2. The van der Waals surface area contributed by atoms with Crippen molar-refractivity contribution >= 4 is 32.6 Å². The molecule has 1 aromatic heterocycles. The van der Waals surface area contributed by atoms with Gasteiger partial charge in [0.25, 0.3) is 0 Å². The lowest BCUT2D eigenvalue weighted by Crippen LogP contribution is -2.41. The number of ether oxygens (including phenoxy) is 2. The van der Waals surface area contributed by atoms with Crippen molar-refractivity contribution in [2.75, 3.05) is 37.7 Å². The van der Waals surface area contributed by atoms with Crippen LogP contribution in [0.4, 0.5) is 5.13 Å². The van der Waals surface area contributed by atoms with E-state index in [9.17, 15) is 4.79 Å². The molecule has 1 saturated heterocycles. The smallest absolute Gasteiger partial charge is 0.223 e. The number of anilines is 1. The van der Waals surface area contributed by atoms with Crippen LogP contribution in [0.5, 0.6) is 11.5 Å². The Morgan fingerprint density at radius 1 is 1.06 bits per heavy atom. The summed E-state index contributed by atoms with van der Waals surface area (Å²) in [6.07, 6.45) is 2.54. The van der Waals surface area contributed by atoms with Crippen LogP contribution in [0.25, 0.3) is 10.2 Å². The monoisotopic (exact) mass is 453 g/mol. The van der Waals surface area contributed by atoms with Crippen LogP contribution < -0.4 is 19.7 Å². The van der Waals surface area contributed by atoms with Gasteiger partial charge in [0.1, 0.15) is 11.5 Å². The third-order valence-electron chi connectivity index (χ3n) is 5.74. The van der Waals surface area contributed by atoms with Crippen LogP contribution in [-0.2, 0) is 11.2 Å². The molecular weight excluding hydrogens is 422 g/mol. The Morgan fingerprint density at radius 2 is 1.75 bits per heavy atom. The molecule has 1 aliphatic rings. The lowest BCUT2D eigenvalue weighted by atomic mass is 9.96. The minimum absolute atomic E-state index is 0.0746. The maximum absolute atomic E-state index is 12.6. The number of carbonyl (C=O) groups excluding carboxylic acids is 1. The SMILES string of the molecule is CCOc1ccc(CCNC(=O)C2CCN(c3nc4ccc(OCC)cc4s3)CC2)cc1. The Kier molecular flexibility index (Phi) is 7.47. The second-order valence-electron chi connectivity index (χ2n) is 7.94. The fraction of sp³-hybridized carbons (Fsp3) is 0.440. The van der Waals surface area contributed by atoms with Crippen LogP contribution in [0, 0.1) is 5.92 Å². The second-order valence-corrected chi connectivity index (χ2v) is 8.95. The molecule has 2 aromatic carbocycles. The highest BCUT2D eigenvalue weighted by Crippen LogP contribution is 2.33. The number of fused-ring (bicyclic) bond motifs is 1. The molecule has 0 saturated carbocycles. The first-order chi connectivity index (χ1) is 15.7. The van der Waals surface area contributed by atoms with Gasteiger partial charge in [-0.15, -0.1) is 0 Å². The molecule has 7 heteroatoms. The third-order valence-corrected chi connectivity index (χ3v) is 6.82. The van der Waals surface area contributed by atoms with Crippen LogP contribution >= 0.6 is 11.3 Å². The number of piperidine rings is 1. The van der Waals surface area contributed by atoms with Crippen molar-refractivity contribution in [2.45, 2.75) is 33.1 Å². The summed E-state index contributed by atoms with van der Waals surface area (Å²) in [5.41, 5.74) is 2.20. The number of hydrogen-bond donors (Lipinski definition) is 1. The van der Waals surface area contributed by atoms with Gasteiger partial charge in [-0.3, -0.25) is 4.79 Å². The maximum Gasteiger partial charge on any atom is 0.223 e. The topological polar surface area (TPSA) is 63.7 Å². The molecule has 0 unspecified atom stereocenters. The molecule has 0 atom stereocenters. The van der Waals surface area contributed by atoms with Crippen LogP contribution in [0.15, 0.2) is 42.5 Å². The normalized spacial score (nSPS) is 14.5. The van der Waals surface area contributed by atoms with Crippen LogP contribution in [0.1, 0.15) is 32.3 Å². The summed E-state index contributed by atoms with van der Waals surface area (Å²) in [6, 6.07) is 14.1. The Hall–Kier alpha value is -2.80. The zero-order valence-electron chi connectivity index (χ0n) is 18.8. The lowest BCUT2D eigenvalue weighted by Gasteiger charge is -2.31. The van der Waals surface area contributed by atoms with Crippen molar-refractivity contribution in [3.8, 4) is 11.5 Å². The molecule has 4 rings (SSSR count). The molecule has 0 spiro atoms. The average Bonchev–Trinajstić information content (AvgIpc) is 3.24. The number of rotatable bonds is 9. The molecule has 32 heavy (non-hydrogen) atoms. The lowest BCUT2D eigenvalue weighted by molar-refractivity contribution is -0.125. The van der Waals surface area contributed by atoms with Crippen molar-refractivity contribution in [1.82, 2.24) is 10.3 Å². The van der Waals surface area contributed by atoms with Gasteiger partial charge in [-0.1, -0.05) is 23.5 Å². The van der Waals surface area contributed by atoms with Crippen molar-refractivity contribution in [2.24, 2.45) is 5.92 Å². The molecule has 6 nitrogen and oxygen atoms in total. The van der Waals surface area contributed by atoms with E-state index in [-0.39, 0.29) is 11.8 Å². The summed E-state index contributed by atoms with van der Waals surface area (Å²) >= 11 is 1.69. The van der Waals surface area contributed by atoms with Crippen molar-refractivity contribution in [1.29, 1.82) is 0 Å². The number of thiazole rings is 1. The van der Waals surface area contributed by atoms with E-state index in [1.54, 1.807) is 11.3 Å². The van der Waals surface area contributed by atoms with E-state index in [1.807, 2.05) is 38.1 Å². The Labute approximate surface area is 193 Å². The quantitative estimate of drug-likeness (QED) is 0.510. The summed E-state index contributed by atoms with van der Waals surface area (Å²) in [5.74, 6) is 2.01. The minimum atomic E-state index is 0.0746. The second kappa shape index (κ2) is 10.7. The highest BCUT2D eigenvalue weighted by Gasteiger charge is 2.26. The molecule has 1 aliphatic heterocycles. The van der Waals surface area contributed by atoms with E-state index in [0.717, 1.165) is 59.2 Å². The average molecular weight is 454 g/mol. The number of aromatic nitrogens is 1. The fourth-order valence-electron chi connectivity index (χ4n) is 4.01. The van der Waals surface area contributed by atoms with E-state index in [0.29, 0.717) is 19.8 Å². The Bertz CT molecular complexity index is 1030. The summed E-state index contributed by atoms with van der Waals surface area (Å²) in [5, 5.41) is 4.15. The van der Waals surface area contributed by atoms with Gasteiger partial charge in [-0.05, 0) is 69.0 Å². The predicted octanol–water partition coefficient (Wildman–Crippen LogP) is 4.67. The highest BCUT2D eigenvalue weighted by molar-refractivity contribution is 7.22. The molecule has 1 N–H and O–H groups in total. The Balaban J connectivity index is 1.24. The summed E-state index contributed by atoms with van der Waals surface area (Å²) in [7, 11) is 0. The number of amides is 1. The predicted molar refractivity (Wildman–Crippen MR) is 130 cm³/mol. The zero-order valence-corrected chi connectivity index (χ0v) is 19.6. The van der Waals surface area contributed by atoms with E-state index in [1.165, 1.54) is 5.56 Å². The summed E-state index contributed by atoms with van der Waals surface area (Å²) in [6.45, 7) is 7.67. The molecule has 0 radical (unpaired) electrons. The van der Waals surface area contributed by atoms with E-state index < -0.39 is 0 Å². The molecule has 1 amide bonds. The molecule has 0 aliphatic carbocycles. The van der Waals surface area contributed by atoms with E-state index in [2.05, 4.69) is 28.4 Å². The van der Waals surface area contributed by atoms with Gasteiger partial charge in [0, 0.05) is 25.6 Å². The Morgan fingerprint density at radius 3 is 2.47 bits per heavy atom. The first-order valence-corrected chi connectivity index (χ1v) is 12.3. The first kappa shape index (κ1) is 22.4. The van der Waals surface area contributed by atoms with Gasteiger partial charge in [-0.2, -0.15) is 0 Å². The molecule has 2 heterocycles. The van der Waals surface area contributed by atoms with Gasteiger partial charge in [0.15, 0.2) is 5.13 Å². The van der Waals surface area contributed by atoms with Crippen molar-refractivity contribution < 1.29 is 14.3 Å². The number of benzene rings is 2. The van der Waals surface area contributed by atoms with Gasteiger partial charge in [0.05, 0.1) is 23.4 Å². The molecular formula is C25H31N3O3S. The molecule has 1 fully saturated rings. The number of nitrogens with one attached hydrogen (secondary N) is 1. The largest absolute Gasteiger partial charge is 0.494 e. The van der Waals surface area contributed by atoms with Gasteiger partial charge in [0.2, 0.25) is 5.91 Å². The van der Waals surface area contributed by atoms with E-state index in [4.69, 9.17) is 14.5 Å². The van der Waals surface area contributed by atoms with E-state index >= 15 is 0 Å². The van der Waals surface area contributed by atoms with Gasteiger partial charge in [-0.25, -0.2) is 4.98 Å². The van der Waals surface area contributed by atoms with Crippen molar-refractivity contribution in [3.05, 3.63) is 48.0 Å². The number of nitrogens with zero attached hydrogens (tertiary/aromatic N) is 2. The molecule has 3 aromatic rings. The number of carbonyl (C=O) groups is 1. The standard InChI is InChI=1S/C25H31N3O3S/c1-3-30-20-7-5-18(6-8-20)11-14-26-24(29)19-12-15-28(16-13-19)25-27-22-10-9-21(31-4-2)17-23(22)32-25/h5-10,17,19H,3-4,11-16H2,1-2H3,(H,26,29). The molecule has 170 valence electrons. The first-order valence-electron chi connectivity index (χ1n) is 11.4.